The van der Waals surface area contributed by atoms with E-state index in [4.69, 9.17) is 4.74 Å². The minimum Gasteiger partial charge on any atom is -0.442 e. The van der Waals surface area contributed by atoms with Gasteiger partial charge < -0.3 is 9.84 Å². The number of carbonyl (C=O) groups is 1. The molecule has 1 aromatic rings. The van der Waals surface area contributed by atoms with Gasteiger partial charge in [0, 0.05) is 6.20 Å². The second-order valence-electron chi connectivity index (χ2n) is 5.61. The highest BCUT2D eigenvalue weighted by Crippen LogP contribution is 2.24. The highest BCUT2D eigenvalue weighted by molar-refractivity contribution is 5.71. The van der Waals surface area contributed by atoms with Crippen molar-refractivity contribution in [1.82, 2.24) is 9.99 Å². The Morgan fingerprint density at radius 1 is 1.50 bits per heavy atom. The number of halogens is 1. The number of carbonyl (C=O) groups excluding carboxylic acids is 1. The number of aliphatic hydroxyl groups excluding tert-OH is 1. The van der Waals surface area contributed by atoms with E-state index in [9.17, 15) is 14.3 Å². The van der Waals surface area contributed by atoms with Gasteiger partial charge >= 0.3 is 6.09 Å². The topological polar surface area (TPSA) is 65.9 Å². The van der Waals surface area contributed by atoms with Gasteiger partial charge in [-0.25, -0.2) is 19.2 Å². The molecule has 2 rings (SSSR count). The predicted molar refractivity (Wildman–Crippen MR) is 70.5 cm³/mol. The number of amides is 1. The Balaban J connectivity index is 2.23. The van der Waals surface area contributed by atoms with E-state index in [-0.39, 0.29) is 18.9 Å². The van der Waals surface area contributed by atoms with Crippen molar-refractivity contribution in [2.75, 3.05) is 18.1 Å². The molecule has 6 nitrogen and oxygen atoms in total. The lowest BCUT2D eigenvalue weighted by Crippen LogP contribution is -2.44. The Kier molecular flexibility index (Phi) is 3.80. The number of rotatable bonds is 1. The van der Waals surface area contributed by atoms with E-state index < -0.39 is 23.6 Å². The molecule has 1 aromatic heterocycles. The summed E-state index contributed by atoms with van der Waals surface area (Å²) in [6.07, 6.45) is 0.0131. The molecule has 0 bridgehead atoms. The first-order valence-electron chi connectivity index (χ1n) is 6.34. The van der Waals surface area contributed by atoms with E-state index in [1.54, 1.807) is 20.8 Å². The van der Waals surface area contributed by atoms with Crippen LogP contribution in [0, 0.1) is 5.82 Å². The molecule has 1 N–H and O–H groups in total. The van der Waals surface area contributed by atoms with Crippen LogP contribution in [-0.4, -0.2) is 46.0 Å². The molecule has 0 spiro atoms. The summed E-state index contributed by atoms with van der Waals surface area (Å²) in [5.41, 5.74) is -0.668. The maximum absolute atomic E-state index is 13.8. The minimum atomic E-state index is -0.774. The highest BCUT2D eigenvalue weighted by Gasteiger charge is 2.37. The SMILES string of the molecule is CC(C)(C)OC(=O)N1CC(O)CN1c1ncccc1F. The van der Waals surface area contributed by atoms with E-state index in [1.807, 2.05) is 0 Å². The van der Waals surface area contributed by atoms with Gasteiger partial charge in [-0.15, -0.1) is 0 Å². The van der Waals surface area contributed by atoms with Crippen molar-refractivity contribution < 1.29 is 19.0 Å². The Bertz CT molecular complexity index is 504. The number of hydrogen-bond donors (Lipinski definition) is 1. The largest absolute Gasteiger partial charge is 0.442 e. The van der Waals surface area contributed by atoms with E-state index in [1.165, 1.54) is 28.3 Å². The third-order valence-electron chi connectivity index (χ3n) is 2.65. The van der Waals surface area contributed by atoms with Crippen LogP contribution >= 0.6 is 0 Å². The van der Waals surface area contributed by atoms with Crippen LogP contribution in [0.5, 0.6) is 0 Å². The zero-order valence-corrected chi connectivity index (χ0v) is 11.7. The number of pyridine rings is 1. The van der Waals surface area contributed by atoms with Crippen LogP contribution in [0.25, 0.3) is 0 Å². The van der Waals surface area contributed by atoms with E-state index in [0.29, 0.717) is 0 Å². The summed E-state index contributed by atoms with van der Waals surface area (Å²) in [4.78, 5) is 16.0. The van der Waals surface area contributed by atoms with Gasteiger partial charge in [-0.1, -0.05) is 0 Å². The lowest BCUT2D eigenvalue weighted by Gasteiger charge is -2.30. The normalized spacial score (nSPS) is 19.4. The molecule has 7 heteroatoms. The van der Waals surface area contributed by atoms with Gasteiger partial charge in [-0.05, 0) is 32.9 Å². The standard InChI is InChI=1S/C13H18FN3O3/c1-13(2,3)20-12(19)17-8-9(18)7-16(17)11-10(14)5-4-6-15-11/h4-6,9,18H,7-8H2,1-3H3. The summed E-state index contributed by atoms with van der Waals surface area (Å²) in [5, 5.41) is 12.2. The van der Waals surface area contributed by atoms with Crippen LogP contribution in [0.15, 0.2) is 18.3 Å². The number of ether oxygens (including phenoxy) is 1. The number of β-amino-alcohol motifs (C(OH)–C–C–N with tert-alkyl or cyclic N) is 1. The molecule has 0 radical (unpaired) electrons. The Morgan fingerprint density at radius 2 is 2.20 bits per heavy atom. The minimum absolute atomic E-state index is 0.00471. The number of hydrazine groups is 1. The number of anilines is 1. The zero-order valence-electron chi connectivity index (χ0n) is 11.7. The summed E-state index contributed by atoms with van der Waals surface area (Å²) in [7, 11) is 0. The molecule has 1 unspecified atom stereocenters. The first-order valence-corrected chi connectivity index (χ1v) is 6.34. The first kappa shape index (κ1) is 14.5. The van der Waals surface area contributed by atoms with Crippen LogP contribution in [0.1, 0.15) is 20.8 Å². The lowest BCUT2D eigenvalue weighted by molar-refractivity contribution is 0.0247. The second-order valence-corrected chi connectivity index (χ2v) is 5.61. The molecule has 1 amide bonds. The van der Waals surface area contributed by atoms with Crippen LogP contribution in [0.2, 0.25) is 0 Å². The molecular formula is C13H18FN3O3. The number of aromatic nitrogens is 1. The Hall–Kier alpha value is -1.89. The molecule has 1 atom stereocenters. The quantitative estimate of drug-likeness (QED) is 0.847. The molecule has 110 valence electrons. The smallest absolute Gasteiger partial charge is 0.429 e. The monoisotopic (exact) mass is 283 g/mol. The fourth-order valence-electron chi connectivity index (χ4n) is 1.91. The van der Waals surface area contributed by atoms with Crippen molar-refractivity contribution in [3.05, 3.63) is 24.1 Å². The molecule has 2 heterocycles. The third-order valence-corrected chi connectivity index (χ3v) is 2.65. The van der Waals surface area contributed by atoms with Gasteiger partial charge in [0.1, 0.15) is 5.60 Å². The molecule has 0 aliphatic carbocycles. The van der Waals surface area contributed by atoms with E-state index in [2.05, 4.69) is 4.98 Å². The fourth-order valence-corrected chi connectivity index (χ4v) is 1.91. The summed E-state index contributed by atoms with van der Waals surface area (Å²) in [6, 6.07) is 2.71. The lowest BCUT2D eigenvalue weighted by atomic mass is 10.2. The van der Waals surface area contributed by atoms with E-state index >= 15 is 0 Å². The van der Waals surface area contributed by atoms with E-state index in [0.717, 1.165) is 0 Å². The molecule has 1 saturated heterocycles. The van der Waals surface area contributed by atoms with Crippen molar-refractivity contribution >= 4 is 11.9 Å². The molecule has 0 saturated carbocycles. The van der Waals surface area contributed by atoms with Crippen molar-refractivity contribution in [1.29, 1.82) is 0 Å². The molecule has 1 fully saturated rings. The van der Waals surface area contributed by atoms with Crippen LogP contribution in [-0.2, 0) is 4.74 Å². The van der Waals surface area contributed by atoms with Gasteiger partial charge in [0.05, 0.1) is 19.2 Å². The van der Waals surface area contributed by atoms with Crippen molar-refractivity contribution in [3.8, 4) is 0 Å². The van der Waals surface area contributed by atoms with Crippen molar-refractivity contribution in [2.45, 2.75) is 32.5 Å². The highest BCUT2D eigenvalue weighted by atomic mass is 19.1. The second kappa shape index (κ2) is 5.24. The number of nitrogens with zero attached hydrogens (tertiary/aromatic N) is 3. The Morgan fingerprint density at radius 3 is 2.80 bits per heavy atom. The van der Waals surface area contributed by atoms with Gasteiger partial charge in [0.15, 0.2) is 11.6 Å². The first-order chi connectivity index (χ1) is 9.28. The summed E-state index contributed by atoms with van der Waals surface area (Å²) in [5.74, 6) is -0.565. The summed E-state index contributed by atoms with van der Waals surface area (Å²) >= 11 is 0. The molecule has 20 heavy (non-hydrogen) atoms. The van der Waals surface area contributed by atoms with Crippen LogP contribution in [0.4, 0.5) is 15.0 Å². The van der Waals surface area contributed by atoms with Gasteiger partial charge in [-0.2, -0.15) is 0 Å². The zero-order chi connectivity index (χ0) is 14.9. The van der Waals surface area contributed by atoms with Crippen molar-refractivity contribution in [2.24, 2.45) is 0 Å². The molecule has 0 aromatic carbocycles. The van der Waals surface area contributed by atoms with Gasteiger partial charge in [-0.3, -0.25) is 5.01 Å². The Labute approximate surface area is 116 Å². The van der Waals surface area contributed by atoms with Crippen LogP contribution < -0.4 is 5.01 Å². The number of aliphatic hydroxyl groups is 1. The summed E-state index contributed by atoms with van der Waals surface area (Å²) < 4.78 is 19.0. The molecule has 1 aliphatic rings. The number of hydrogen-bond acceptors (Lipinski definition) is 5. The average molecular weight is 283 g/mol. The van der Waals surface area contributed by atoms with Crippen LogP contribution in [0.3, 0.4) is 0 Å². The maximum atomic E-state index is 13.8. The third kappa shape index (κ3) is 3.16. The predicted octanol–water partition coefficient (Wildman–Crippen LogP) is 1.55. The van der Waals surface area contributed by atoms with Gasteiger partial charge in [0.2, 0.25) is 0 Å². The van der Waals surface area contributed by atoms with Gasteiger partial charge in [0.25, 0.3) is 0 Å². The van der Waals surface area contributed by atoms with Crippen molar-refractivity contribution in [3.63, 3.8) is 0 Å². The fraction of sp³-hybridized carbons (Fsp3) is 0.538. The average Bonchev–Trinajstić information content (AvgIpc) is 2.69. The maximum Gasteiger partial charge on any atom is 0.429 e. The molecular weight excluding hydrogens is 265 g/mol. The molecule has 1 aliphatic heterocycles. The summed E-state index contributed by atoms with van der Waals surface area (Å²) in [6.45, 7) is 5.35.